The lowest BCUT2D eigenvalue weighted by Gasteiger charge is -2.11. The van der Waals surface area contributed by atoms with Crippen LogP contribution in [0.3, 0.4) is 0 Å². The van der Waals surface area contributed by atoms with Crippen LogP contribution in [0.25, 0.3) is 10.9 Å². The molecule has 96 valence electrons. The zero-order valence-corrected chi connectivity index (χ0v) is 12.6. The molecular formula is C15H13BrN2S. The molecule has 4 heteroatoms. The van der Waals surface area contributed by atoms with Gasteiger partial charge < -0.3 is 5.73 Å². The fourth-order valence-electron chi connectivity index (χ4n) is 2.19. The number of aromatic nitrogens is 1. The predicted octanol–water partition coefficient (Wildman–Crippen LogP) is 4.30. The van der Waals surface area contributed by atoms with Crippen LogP contribution >= 0.6 is 27.3 Å². The van der Waals surface area contributed by atoms with E-state index in [1.54, 1.807) is 11.3 Å². The highest BCUT2D eigenvalue weighted by Crippen LogP contribution is 2.28. The Bertz CT molecular complexity index is 703. The summed E-state index contributed by atoms with van der Waals surface area (Å²) in [5.74, 6) is 0. The molecule has 0 aliphatic rings. The van der Waals surface area contributed by atoms with Gasteiger partial charge in [0.25, 0.3) is 0 Å². The highest BCUT2D eigenvalue weighted by molar-refractivity contribution is 9.10. The van der Waals surface area contributed by atoms with Gasteiger partial charge in [0.05, 0.1) is 5.52 Å². The van der Waals surface area contributed by atoms with Crippen LogP contribution in [0.15, 0.2) is 52.4 Å². The lowest BCUT2D eigenvalue weighted by atomic mass is 10.0. The number of fused-ring (bicyclic) bond motifs is 1. The Morgan fingerprint density at radius 3 is 2.89 bits per heavy atom. The molecule has 2 aromatic heterocycles. The SMILES string of the molecule is NC(Cc1ccnc2ccccc12)c1cc(Br)cs1. The van der Waals surface area contributed by atoms with Crippen LogP contribution in [-0.2, 0) is 6.42 Å². The van der Waals surface area contributed by atoms with E-state index in [0.29, 0.717) is 0 Å². The van der Waals surface area contributed by atoms with Crippen LogP contribution in [-0.4, -0.2) is 4.98 Å². The summed E-state index contributed by atoms with van der Waals surface area (Å²) in [6.45, 7) is 0. The third kappa shape index (κ3) is 2.71. The monoisotopic (exact) mass is 332 g/mol. The van der Waals surface area contributed by atoms with Gasteiger partial charge in [0.15, 0.2) is 0 Å². The number of hydrogen-bond donors (Lipinski definition) is 1. The Morgan fingerprint density at radius 1 is 1.26 bits per heavy atom. The van der Waals surface area contributed by atoms with Gasteiger partial charge in [0.2, 0.25) is 0 Å². The van der Waals surface area contributed by atoms with E-state index in [-0.39, 0.29) is 6.04 Å². The summed E-state index contributed by atoms with van der Waals surface area (Å²) in [6.07, 6.45) is 2.69. The number of thiophene rings is 1. The number of halogens is 1. The van der Waals surface area contributed by atoms with Crippen molar-refractivity contribution in [1.82, 2.24) is 4.98 Å². The van der Waals surface area contributed by atoms with Gasteiger partial charge in [-0.25, -0.2) is 0 Å². The van der Waals surface area contributed by atoms with Crippen molar-refractivity contribution < 1.29 is 0 Å². The molecule has 3 aromatic rings. The molecule has 0 fully saturated rings. The third-order valence-electron chi connectivity index (χ3n) is 3.13. The Hall–Kier alpha value is -1.23. The second-order valence-corrected chi connectivity index (χ2v) is 6.32. The van der Waals surface area contributed by atoms with E-state index < -0.39 is 0 Å². The molecule has 1 unspecified atom stereocenters. The number of rotatable bonds is 3. The van der Waals surface area contributed by atoms with Crippen molar-refractivity contribution >= 4 is 38.2 Å². The van der Waals surface area contributed by atoms with Gasteiger partial charge >= 0.3 is 0 Å². The normalized spacial score (nSPS) is 12.7. The van der Waals surface area contributed by atoms with E-state index in [1.807, 2.05) is 24.4 Å². The average molecular weight is 333 g/mol. The van der Waals surface area contributed by atoms with Crippen LogP contribution in [0.4, 0.5) is 0 Å². The van der Waals surface area contributed by atoms with Crippen molar-refractivity contribution in [3.05, 3.63) is 62.9 Å². The zero-order chi connectivity index (χ0) is 13.2. The van der Waals surface area contributed by atoms with Crippen molar-refractivity contribution in [2.75, 3.05) is 0 Å². The first-order valence-electron chi connectivity index (χ1n) is 6.06. The van der Waals surface area contributed by atoms with Crippen molar-refractivity contribution in [3.63, 3.8) is 0 Å². The van der Waals surface area contributed by atoms with Gasteiger partial charge in [-0.15, -0.1) is 11.3 Å². The van der Waals surface area contributed by atoms with Crippen molar-refractivity contribution in [1.29, 1.82) is 0 Å². The molecule has 1 atom stereocenters. The van der Waals surface area contributed by atoms with Crippen molar-refractivity contribution in [2.45, 2.75) is 12.5 Å². The van der Waals surface area contributed by atoms with E-state index in [1.165, 1.54) is 15.8 Å². The van der Waals surface area contributed by atoms with Crippen LogP contribution < -0.4 is 5.73 Å². The third-order valence-corrected chi connectivity index (χ3v) is 4.96. The molecule has 0 aliphatic carbocycles. The number of nitrogens with zero attached hydrogens (tertiary/aromatic N) is 1. The van der Waals surface area contributed by atoms with E-state index in [2.05, 4.69) is 44.5 Å². The Morgan fingerprint density at radius 2 is 2.11 bits per heavy atom. The summed E-state index contributed by atoms with van der Waals surface area (Å²) in [5.41, 5.74) is 8.58. The summed E-state index contributed by atoms with van der Waals surface area (Å²) in [4.78, 5) is 5.58. The summed E-state index contributed by atoms with van der Waals surface area (Å²) < 4.78 is 1.10. The Labute approximate surface area is 124 Å². The molecule has 0 radical (unpaired) electrons. The Balaban J connectivity index is 1.93. The molecule has 2 nitrogen and oxygen atoms in total. The smallest absolute Gasteiger partial charge is 0.0704 e. The first-order chi connectivity index (χ1) is 9.24. The average Bonchev–Trinajstić information content (AvgIpc) is 2.86. The minimum absolute atomic E-state index is 0.0297. The molecule has 0 saturated heterocycles. The van der Waals surface area contributed by atoms with Crippen LogP contribution in [0.5, 0.6) is 0 Å². The topological polar surface area (TPSA) is 38.9 Å². The fourth-order valence-corrected chi connectivity index (χ4v) is 3.64. The van der Waals surface area contributed by atoms with Gasteiger partial charge in [0, 0.05) is 32.4 Å². The van der Waals surface area contributed by atoms with Crippen molar-refractivity contribution in [3.8, 4) is 0 Å². The maximum atomic E-state index is 6.30. The van der Waals surface area contributed by atoms with Crippen LogP contribution in [0.2, 0.25) is 0 Å². The Kier molecular flexibility index (Phi) is 3.64. The molecule has 19 heavy (non-hydrogen) atoms. The number of para-hydroxylation sites is 1. The number of hydrogen-bond acceptors (Lipinski definition) is 3. The minimum Gasteiger partial charge on any atom is -0.323 e. The van der Waals surface area contributed by atoms with Crippen molar-refractivity contribution in [2.24, 2.45) is 5.73 Å². The maximum absolute atomic E-state index is 6.30. The van der Waals surface area contributed by atoms with Gasteiger partial charge in [-0.3, -0.25) is 4.98 Å². The molecule has 0 spiro atoms. The van der Waals surface area contributed by atoms with E-state index >= 15 is 0 Å². The summed E-state index contributed by atoms with van der Waals surface area (Å²) in [7, 11) is 0. The molecule has 2 N–H and O–H groups in total. The molecule has 3 rings (SSSR count). The van der Waals surface area contributed by atoms with Crippen LogP contribution in [0, 0.1) is 0 Å². The fraction of sp³-hybridized carbons (Fsp3) is 0.133. The van der Waals surface area contributed by atoms with Gasteiger partial charge in [0.1, 0.15) is 0 Å². The molecule has 0 bridgehead atoms. The molecule has 0 saturated carbocycles. The molecule has 2 heterocycles. The molecule has 0 aliphatic heterocycles. The van der Waals surface area contributed by atoms with Crippen LogP contribution in [0.1, 0.15) is 16.5 Å². The molecule has 1 aromatic carbocycles. The largest absolute Gasteiger partial charge is 0.323 e. The molecular weight excluding hydrogens is 320 g/mol. The lowest BCUT2D eigenvalue weighted by molar-refractivity contribution is 0.739. The number of benzene rings is 1. The van der Waals surface area contributed by atoms with E-state index in [9.17, 15) is 0 Å². The predicted molar refractivity (Wildman–Crippen MR) is 84.4 cm³/mol. The van der Waals surface area contributed by atoms with Gasteiger partial charge in [-0.05, 0) is 46.1 Å². The second kappa shape index (κ2) is 5.41. The highest BCUT2D eigenvalue weighted by atomic mass is 79.9. The first-order valence-corrected chi connectivity index (χ1v) is 7.73. The maximum Gasteiger partial charge on any atom is 0.0704 e. The number of pyridine rings is 1. The zero-order valence-electron chi connectivity index (χ0n) is 10.2. The van der Waals surface area contributed by atoms with Gasteiger partial charge in [-0.1, -0.05) is 18.2 Å². The standard InChI is InChI=1S/C15H13BrN2S/c16-11-8-15(19-9-11)13(17)7-10-5-6-18-14-4-2-1-3-12(10)14/h1-6,8-9,13H,7,17H2. The second-order valence-electron chi connectivity index (χ2n) is 4.47. The molecule has 0 amide bonds. The van der Waals surface area contributed by atoms with E-state index in [4.69, 9.17) is 5.73 Å². The first kappa shape index (κ1) is 12.8. The highest BCUT2D eigenvalue weighted by Gasteiger charge is 2.11. The summed E-state index contributed by atoms with van der Waals surface area (Å²) in [5, 5.41) is 3.26. The minimum atomic E-state index is 0.0297. The summed E-state index contributed by atoms with van der Waals surface area (Å²) in [6, 6.07) is 12.4. The van der Waals surface area contributed by atoms with E-state index in [0.717, 1.165) is 16.4 Å². The summed E-state index contributed by atoms with van der Waals surface area (Å²) >= 11 is 5.17. The lowest BCUT2D eigenvalue weighted by Crippen LogP contribution is -2.12. The quantitative estimate of drug-likeness (QED) is 0.776. The van der Waals surface area contributed by atoms with Gasteiger partial charge in [-0.2, -0.15) is 0 Å². The number of nitrogens with two attached hydrogens (primary N) is 1.